The van der Waals surface area contributed by atoms with Gasteiger partial charge in [-0.1, -0.05) is 0 Å². The van der Waals surface area contributed by atoms with Crippen LogP contribution in [-0.2, 0) is 7.05 Å². The van der Waals surface area contributed by atoms with Crippen molar-refractivity contribution in [1.82, 2.24) is 29.0 Å². The quantitative estimate of drug-likeness (QED) is 0.703. The molecule has 0 amide bonds. The summed E-state index contributed by atoms with van der Waals surface area (Å²) in [4.78, 5) is 13.8. The van der Waals surface area contributed by atoms with Gasteiger partial charge in [-0.15, -0.1) is 0 Å². The Labute approximate surface area is 128 Å². The summed E-state index contributed by atoms with van der Waals surface area (Å²) in [7, 11) is 4.07. The standard InChI is InChI=1S/C15H19N7/c1-19-3-5-21(6-4-19)15-9-16-14-7-13(17-11-22(14)15)12-8-18-20(2)10-12/h7-11H,3-6H2,1-2H3. The molecule has 1 aliphatic rings. The van der Waals surface area contributed by atoms with Crippen LogP contribution in [0.25, 0.3) is 16.9 Å². The van der Waals surface area contributed by atoms with Gasteiger partial charge in [0, 0.05) is 51.1 Å². The van der Waals surface area contributed by atoms with E-state index in [4.69, 9.17) is 0 Å². The molecule has 0 aliphatic carbocycles. The van der Waals surface area contributed by atoms with Crippen molar-refractivity contribution < 1.29 is 0 Å². The fraction of sp³-hybridized carbons (Fsp3) is 0.400. The van der Waals surface area contributed by atoms with Crippen LogP contribution in [-0.4, -0.2) is 62.3 Å². The molecule has 7 heteroatoms. The van der Waals surface area contributed by atoms with Crippen molar-refractivity contribution in [2.24, 2.45) is 7.05 Å². The predicted molar refractivity (Wildman–Crippen MR) is 84.9 cm³/mol. The summed E-state index contributed by atoms with van der Waals surface area (Å²) in [6, 6.07) is 2.01. The first-order valence-electron chi connectivity index (χ1n) is 7.46. The average molecular weight is 297 g/mol. The Morgan fingerprint density at radius 2 is 1.82 bits per heavy atom. The maximum atomic E-state index is 4.57. The van der Waals surface area contributed by atoms with Gasteiger partial charge in [-0.05, 0) is 7.05 Å². The van der Waals surface area contributed by atoms with Gasteiger partial charge in [0.05, 0.1) is 18.1 Å². The molecule has 0 radical (unpaired) electrons. The van der Waals surface area contributed by atoms with E-state index < -0.39 is 0 Å². The minimum Gasteiger partial charge on any atom is -0.354 e. The summed E-state index contributed by atoms with van der Waals surface area (Å²) in [5.41, 5.74) is 2.83. The summed E-state index contributed by atoms with van der Waals surface area (Å²) in [6.45, 7) is 4.20. The fourth-order valence-corrected chi connectivity index (χ4v) is 2.85. The highest BCUT2D eigenvalue weighted by Gasteiger charge is 2.18. The topological polar surface area (TPSA) is 54.5 Å². The van der Waals surface area contributed by atoms with Crippen LogP contribution in [0.1, 0.15) is 0 Å². The molecule has 114 valence electrons. The number of aromatic nitrogens is 5. The van der Waals surface area contributed by atoms with Crippen molar-refractivity contribution in [3.05, 3.63) is 31.0 Å². The molecular weight excluding hydrogens is 278 g/mol. The Hall–Kier alpha value is -2.41. The SMILES string of the molecule is CN1CCN(c2cnc3cc(-c4cnn(C)c4)ncn23)CC1. The van der Waals surface area contributed by atoms with E-state index in [1.807, 2.05) is 38.0 Å². The van der Waals surface area contributed by atoms with Crippen LogP contribution in [0.4, 0.5) is 5.82 Å². The third kappa shape index (κ3) is 2.23. The van der Waals surface area contributed by atoms with Gasteiger partial charge in [0.1, 0.15) is 17.8 Å². The molecule has 0 saturated carbocycles. The van der Waals surface area contributed by atoms with E-state index >= 15 is 0 Å². The second kappa shape index (κ2) is 5.10. The highest BCUT2D eigenvalue weighted by Crippen LogP contribution is 2.22. The smallest absolute Gasteiger partial charge is 0.141 e. The Balaban J connectivity index is 1.68. The van der Waals surface area contributed by atoms with Crippen molar-refractivity contribution in [3.63, 3.8) is 0 Å². The van der Waals surface area contributed by atoms with Crippen LogP contribution < -0.4 is 4.90 Å². The summed E-state index contributed by atoms with van der Waals surface area (Å²) in [6.07, 6.45) is 7.58. The number of fused-ring (bicyclic) bond motifs is 1. The van der Waals surface area contributed by atoms with E-state index in [1.165, 1.54) is 0 Å². The van der Waals surface area contributed by atoms with Gasteiger partial charge >= 0.3 is 0 Å². The second-order valence-electron chi connectivity index (χ2n) is 5.81. The molecule has 3 aromatic heterocycles. The number of imidazole rings is 1. The van der Waals surface area contributed by atoms with Crippen molar-refractivity contribution in [3.8, 4) is 11.3 Å². The van der Waals surface area contributed by atoms with Gasteiger partial charge in [-0.3, -0.25) is 9.08 Å². The van der Waals surface area contributed by atoms with Crippen LogP contribution in [0.5, 0.6) is 0 Å². The van der Waals surface area contributed by atoms with Crippen molar-refractivity contribution >= 4 is 11.5 Å². The molecule has 0 bridgehead atoms. The molecule has 4 heterocycles. The predicted octanol–water partition coefficient (Wildman–Crippen LogP) is 0.882. The molecule has 4 rings (SSSR count). The third-order valence-corrected chi connectivity index (χ3v) is 4.21. The van der Waals surface area contributed by atoms with Crippen molar-refractivity contribution in [1.29, 1.82) is 0 Å². The number of anilines is 1. The third-order valence-electron chi connectivity index (χ3n) is 4.21. The summed E-state index contributed by atoms with van der Waals surface area (Å²) >= 11 is 0. The van der Waals surface area contributed by atoms with Crippen molar-refractivity contribution in [2.45, 2.75) is 0 Å². The lowest BCUT2D eigenvalue weighted by Crippen LogP contribution is -2.44. The van der Waals surface area contributed by atoms with E-state index in [0.29, 0.717) is 0 Å². The maximum Gasteiger partial charge on any atom is 0.141 e. The number of nitrogens with zero attached hydrogens (tertiary/aromatic N) is 7. The number of hydrogen-bond acceptors (Lipinski definition) is 5. The lowest BCUT2D eigenvalue weighted by Gasteiger charge is -2.33. The zero-order valence-corrected chi connectivity index (χ0v) is 12.8. The summed E-state index contributed by atoms with van der Waals surface area (Å²) in [5, 5.41) is 4.20. The molecule has 22 heavy (non-hydrogen) atoms. The van der Waals surface area contributed by atoms with Gasteiger partial charge in [0.15, 0.2) is 0 Å². The molecule has 0 atom stereocenters. The molecule has 1 fully saturated rings. The Kier molecular flexibility index (Phi) is 3.07. The molecule has 1 aliphatic heterocycles. The molecule has 0 spiro atoms. The van der Waals surface area contributed by atoms with Gasteiger partial charge in [0.2, 0.25) is 0 Å². The van der Waals surface area contributed by atoms with Crippen LogP contribution >= 0.6 is 0 Å². The molecule has 1 saturated heterocycles. The maximum absolute atomic E-state index is 4.57. The molecule has 7 nitrogen and oxygen atoms in total. The number of rotatable bonds is 2. The van der Waals surface area contributed by atoms with Crippen molar-refractivity contribution in [2.75, 3.05) is 38.1 Å². The van der Waals surface area contributed by atoms with Crippen LogP contribution in [0.2, 0.25) is 0 Å². The molecular formula is C15H19N7. The minimum atomic E-state index is 0.899. The van der Waals surface area contributed by atoms with Gasteiger partial charge in [0.25, 0.3) is 0 Å². The molecule has 0 aromatic carbocycles. The first-order valence-corrected chi connectivity index (χ1v) is 7.46. The number of aryl methyl sites for hydroxylation is 1. The Morgan fingerprint density at radius 3 is 2.55 bits per heavy atom. The van der Waals surface area contributed by atoms with Gasteiger partial charge in [-0.25, -0.2) is 9.97 Å². The minimum absolute atomic E-state index is 0.899. The van der Waals surface area contributed by atoms with Crippen LogP contribution in [0.15, 0.2) is 31.0 Å². The van der Waals surface area contributed by atoms with E-state index in [1.54, 1.807) is 4.68 Å². The van der Waals surface area contributed by atoms with E-state index in [-0.39, 0.29) is 0 Å². The lowest BCUT2D eigenvalue weighted by molar-refractivity contribution is 0.312. The normalized spacial score (nSPS) is 16.5. The summed E-state index contributed by atoms with van der Waals surface area (Å²) < 4.78 is 3.84. The number of piperazine rings is 1. The fourth-order valence-electron chi connectivity index (χ4n) is 2.85. The first-order chi connectivity index (χ1) is 10.7. The first kappa shape index (κ1) is 13.3. The van der Waals surface area contributed by atoms with E-state index in [2.05, 4.69) is 36.3 Å². The molecule has 0 N–H and O–H groups in total. The highest BCUT2D eigenvalue weighted by atomic mass is 15.3. The van der Waals surface area contributed by atoms with E-state index in [9.17, 15) is 0 Å². The highest BCUT2D eigenvalue weighted by molar-refractivity contribution is 5.63. The number of likely N-dealkylation sites (N-methyl/N-ethyl adjacent to an activating group) is 1. The van der Waals surface area contributed by atoms with E-state index in [0.717, 1.165) is 48.9 Å². The Bertz CT molecular complexity index is 795. The molecule has 3 aromatic rings. The van der Waals surface area contributed by atoms with Crippen LogP contribution in [0.3, 0.4) is 0 Å². The average Bonchev–Trinajstić information content (AvgIpc) is 3.14. The van der Waals surface area contributed by atoms with Gasteiger partial charge in [-0.2, -0.15) is 5.10 Å². The zero-order valence-electron chi connectivity index (χ0n) is 12.8. The molecule has 0 unspecified atom stereocenters. The monoisotopic (exact) mass is 297 g/mol. The van der Waals surface area contributed by atoms with Crippen LogP contribution in [0, 0.1) is 0 Å². The summed E-state index contributed by atoms with van der Waals surface area (Å²) in [5.74, 6) is 1.12. The van der Waals surface area contributed by atoms with Gasteiger partial charge < -0.3 is 9.80 Å². The number of hydrogen-bond donors (Lipinski definition) is 0. The lowest BCUT2D eigenvalue weighted by atomic mass is 10.2. The largest absolute Gasteiger partial charge is 0.354 e. The Morgan fingerprint density at radius 1 is 1.00 bits per heavy atom. The second-order valence-corrected chi connectivity index (χ2v) is 5.81. The zero-order chi connectivity index (χ0) is 15.1.